The molecule has 2 aromatic rings. The van der Waals surface area contributed by atoms with E-state index >= 15 is 0 Å². The first-order valence-electron chi connectivity index (χ1n) is 7.19. The number of rotatable bonds is 3. The van der Waals surface area contributed by atoms with Crippen molar-refractivity contribution in [2.24, 2.45) is 0 Å². The molecule has 0 radical (unpaired) electrons. The minimum absolute atomic E-state index is 0.198. The molecule has 3 rings (SSSR count). The molecule has 1 aliphatic rings. The Bertz CT molecular complexity index is 654. The van der Waals surface area contributed by atoms with Crippen LogP contribution in [0.3, 0.4) is 0 Å². The van der Waals surface area contributed by atoms with Gasteiger partial charge in [0.2, 0.25) is 0 Å². The second-order valence-electron chi connectivity index (χ2n) is 5.80. The van der Waals surface area contributed by atoms with E-state index in [1.54, 1.807) is 6.07 Å². The first-order valence-corrected chi connectivity index (χ1v) is 7.19. The maximum absolute atomic E-state index is 11.1. The molecule has 1 fully saturated rings. The molecule has 0 saturated heterocycles. The zero-order valence-electron chi connectivity index (χ0n) is 11.8. The Hall–Kier alpha value is -1.91. The van der Waals surface area contributed by atoms with Gasteiger partial charge >= 0.3 is 5.97 Å². The smallest absolute Gasteiger partial charge is 0.337 e. The zero-order chi connectivity index (χ0) is 14.3. The highest BCUT2D eigenvalue weighted by atomic mass is 16.4. The average Bonchev–Trinajstić information content (AvgIpc) is 3.03. The first-order chi connectivity index (χ1) is 9.58. The molecule has 1 N–H and O–H groups in total. The van der Waals surface area contributed by atoms with E-state index in [0.29, 0.717) is 17.5 Å². The molecule has 0 aromatic carbocycles. The molecule has 0 amide bonds. The largest absolute Gasteiger partial charge is 0.478 e. The lowest BCUT2D eigenvalue weighted by atomic mass is 10.2. The maximum atomic E-state index is 11.1. The summed E-state index contributed by atoms with van der Waals surface area (Å²) >= 11 is 0. The summed E-state index contributed by atoms with van der Waals surface area (Å²) in [6, 6.07) is 2.09. The van der Waals surface area contributed by atoms with E-state index in [-0.39, 0.29) is 5.56 Å². The Kier molecular flexibility index (Phi) is 3.20. The third-order valence-electron chi connectivity index (χ3n) is 4.01. The van der Waals surface area contributed by atoms with Crippen LogP contribution in [0.15, 0.2) is 12.3 Å². The molecular weight excluding hydrogens is 254 g/mol. The third kappa shape index (κ3) is 2.07. The lowest BCUT2D eigenvalue weighted by Gasteiger charge is -2.17. The topological polar surface area (TPSA) is 68.0 Å². The summed E-state index contributed by atoms with van der Waals surface area (Å²) in [6.07, 6.45) is 6.24. The Morgan fingerprint density at radius 1 is 1.40 bits per heavy atom. The van der Waals surface area contributed by atoms with Crippen molar-refractivity contribution in [1.29, 1.82) is 0 Å². The van der Waals surface area contributed by atoms with Crippen molar-refractivity contribution in [2.45, 2.75) is 51.5 Å². The van der Waals surface area contributed by atoms with Crippen LogP contribution in [0.25, 0.3) is 11.2 Å². The summed E-state index contributed by atoms with van der Waals surface area (Å²) in [7, 11) is 0. The number of carbonyl (C=O) groups is 1. The predicted octanol–water partition coefficient (Wildman–Crippen LogP) is 3.37. The Balaban J connectivity index is 2.19. The highest BCUT2D eigenvalue weighted by Gasteiger charge is 2.24. The number of pyridine rings is 1. The van der Waals surface area contributed by atoms with Gasteiger partial charge in [-0.15, -0.1) is 0 Å². The molecule has 2 heterocycles. The average molecular weight is 273 g/mol. The van der Waals surface area contributed by atoms with E-state index in [1.165, 1.54) is 19.0 Å². The van der Waals surface area contributed by atoms with Gasteiger partial charge in [-0.1, -0.05) is 26.7 Å². The lowest BCUT2D eigenvalue weighted by Crippen LogP contribution is -2.11. The number of aromatic nitrogens is 3. The fourth-order valence-electron chi connectivity index (χ4n) is 3.05. The highest BCUT2D eigenvalue weighted by molar-refractivity contribution is 5.90. The molecule has 5 nitrogen and oxygen atoms in total. The van der Waals surface area contributed by atoms with Crippen molar-refractivity contribution < 1.29 is 9.90 Å². The van der Waals surface area contributed by atoms with Gasteiger partial charge in [0.05, 0.1) is 5.56 Å². The number of imidazole rings is 1. The van der Waals surface area contributed by atoms with Gasteiger partial charge < -0.3 is 9.67 Å². The first kappa shape index (κ1) is 13.1. The quantitative estimate of drug-likeness (QED) is 0.931. The van der Waals surface area contributed by atoms with E-state index in [0.717, 1.165) is 24.3 Å². The van der Waals surface area contributed by atoms with Gasteiger partial charge in [0.15, 0.2) is 5.65 Å². The molecule has 5 heteroatoms. The van der Waals surface area contributed by atoms with Crippen LogP contribution in [0.1, 0.15) is 67.7 Å². The van der Waals surface area contributed by atoms with Crippen LogP contribution < -0.4 is 0 Å². The van der Waals surface area contributed by atoms with Gasteiger partial charge in [-0.2, -0.15) is 0 Å². The van der Waals surface area contributed by atoms with Crippen LogP contribution in [-0.4, -0.2) is 25.6 Å². The van der Waals surface area contributed by atoms with Gasteiger partial charge in [-0.05, 0) is 18.9 Å². The summed E-state index contributed by atoms with van der Waals surface area (Å²) in [5.41, 5.74) is 1.72. The number of carboxylic acids is 1. The molecule has 1 aliphatic carbocycles. The second-order valence-corrected chi connectivity index (χ2v) is 5.80. The van der Waals surface area contributed by atoms with Crippen molar-refractivity contribution in [2.75, 3.05) is 0 Å². The summed E-state index contributed by atoms with van der Waals surface area (Å²) in [4.78, 5) is 20.1. The van der Waals surface area contributed by atoms with Gasteiger partial charge in [0.1, 0.15) is 11.3 Å². The van der Waals surface area contributed by atoms with Crippen LogP contribution in [-0.2, 0) is 0 Å². The molecule has 0 spiro atoms. The van der Waals surface area contributed by atoms with Crippen LogP contribution in [0, 0.1) is 0 Å². The third-order valence-corrected chi connectivity index (χ3v) is 4.01. The van der Waals surface area contributed by atoms with Crippen LogP contribution >= 0.6 is 0 Å². The van der Waals surface area contributed by atoms with Crippen molar-refractivity contribution in [3.05, 3.63) is 23.7 Å². The molecule has 20 heavy (non-hydrogen) atoms. The number of aromatic carboxylic acids is 1. The molecule has 0 bridgehead atoms. The zero-order valence-corrected chi connectivity index (χ0v) is 11.8. The molecule has 0 atom stereocenters. The van der Waals surface area contributed by atoms with E-state index in [9.17, 15) is 4.79 Å². The fraction of sp³-hybridized carbons (Fsp3) is 0.533. The van der Waals surface area contributed by atoms with E-state index < -0.39 is 5.97 Å². The minimum atomic E-state index is -0.957. The molecule has 106 valence electrons. The molecular formula is C15H19N3O2. The van der Waals surface area contributed by atoms with Crippen LogP contribution in [0.4, 0.5) is 0 Å². The second kappa shape index (κ2) is 4.89. The summed E-state index contributed by atoms with van der Waals surface area (Å²) in [5.74, 6) is 0.362. The number of hydrogen-bond acceptors (Lipinski definition) is 3. The standard InChI is InChI=1S/C15H19N3O2/c1-9(2)13-17-12-7-10(15(19)20)8-16-14(12)18(13)11-5-3-4-6-11/h7-9,11H,3-6H2,1-2H3,(H,19,20). The van der Waals surface area contributed by atoms with Crippen molar-refractivity contribution in [3.63, 3.8) is 0 Å². The Morgan fingerprint density at radius 2 is 2.10 bits per heavy atom. The molecule has 1 saturated carbocycles. The van der Waals surface area contributed by atoms with Gasteiger partial charge in [0, 0.05) is 18.2 Å². The van der Waals surface area contributed by atoms with Crippen molar-refractivity contribution in [3.8, 4) is 0 Å². The van der Waals surface area contributed by atoms with Gasteiger partial charge in [0.25, 0.3) is 0 Å². The predicted molar refractivity (Wildman–Crippen MR) is 76.1 cm³/mol. The number of carboxylic acid groups (broad SMARTS) is 1. The molecule has 2 aromatic heterocycles. The normalized spacial score (nSPS) is 16.4. The Labute approximate surface area is 117 Å². The molecule has 0 aliphatic heterocycles. The van der Waals surface area contributed by atoms with Crippen molar-refractivity contribution in [1.82, 2.24) is 14.5 Å². The number of fused-ring (bicyclic) bond motifs is 1. The lowest BCUT2D eigenvalue weighted by molar-refractivity contribution is 0.0696. The summed E-state index contributed by atoms with van der Waals surface area (Å²) in [5, 5.41) is 9.07. The van der Waals surface area contributed by atoms with E-state index in [4.69, 9.17) is 5.11 Å². The van der Waals surface area contributed by atoms with E-state index in [2.05, 4.69) is 28.4 Å². The summed E-state index contributed by atoms with van der Waals surface area (Å²) in [6.45, 7) is 4.23. The maximum Gasteiger partial charge on any atom is 0.337 e. The minimum Gasteiger partial charge on any atom is -0.478 e. The fourth-order valence-corrected chi connectivity index (χ4v) is 3.05. The van der Waals surface area contributed by atoms with Crippen molar-refractivity contribution >= 4 is 17.1 Å². The van der Waals surface area contributed by atoms with Gasteiger partial charge in [-0.25, -0.2) is 14.8 Å². The van der Waals surface area contributed by atoms with Gasteiger partial charge in [-0.3, -0.25) is 0 Å². The SMILES string of the molecule is CC(C)c1nc2cc(C(=O)O)cnc2n1C1CCCC1. The van der Waals surface area contributed by atoms with Crippen LogP contribution in [0.5, 0.6) is 0 Å². The highest BCUT2D eigenvalue weighted by Crippen LogP contribution is 2.35. The Morgan fingerprint density at radius 3 is 2.70 bits per heavy atom. The number of hydrogen-bond donors (Lipinski definition) is 1. The molecule has 0 unspecified atom stereocenters. The monoisotopic (exact) mass is 273 g/mol. The summed E-state index contributed by atoms with van der Waals surface area (Å²) < 4.78 is 2.23. The van der Waals surface area contributed by atoms with E-state index in [1.807, 2.05) is 0 Å². The number of nitrogens with zero attached hydrogens (tertiary/aromatic N) is 3. The van der Waals surface area contributed by atoms with Crippen LogP contribution in [0.2, 0.25) is 0 Å².